The second-order valence-electron chi connectivity index (χ2n) is 13.4. The number of benzene rings is 4. The summed E-state index contributed by atoms with van der Waals surface area (Å²) in [7, 11) is 0. The van der Waals surface area contributed by atoms with Crippen LogP contribution in [0.3, 0.4) is 0 Å². The van der Waals surface area contributed by atoms with Crippen molar-refractivity contribution in [3.05, 3.63) is 82.9 Å². The van der Waals surface area contributed by atoms with E-state index >= 15 is 0 Å². The van der Waals surface area contributed by atoms with Gasteiger partial charge in [-0.1, -0.05) is 87.1 Å². The minimum absolute atomic E-state index is 0.0191. The summed E-state index contributed by atoms with van der Waals surface area (Å²) in [6, 6.07) is 23.1. The van der Waals surface area contributed by atoms with Gasteiger partial charge in [0.1, 0.15) is 0 Å². The molecule has 4 aromatic rings. The van der Waals surface area contributed by atoms with Gasteiger partial charge in [0.2, 0.25) is 11.9 Å². The zero-order valence-electron chi connectivity index (χ0n) is 25.7. The molecule has 0 atom stereocenters. The molecule has 4 N–H and O–H groups in total. The molecule has 4 aliphatic carbocycles. The number of aryl methyl sites for hydroxylation is 4. The molecule has 4 aliphatic rings. The molecule has 0 aliphatic heterocycles. The molecule has 0 radical (unpaired) electrons. The summed E-state index contributed by atoms with van der Waals surface area (Å²) < 4.78 is 0. The quantitative estimate of drug-likeness (QED) is 0.126. The maximum atomic E-state index is 9.20. The predicted octanol–water partition coefficient (Wildman–Crippen LogP) is 8.05. The SMILES string of the molecule is N=C(N)N(C(=NC1CCCCC1)NC1CCCCC1)N(c1ccc2c3c(cccc13)CC2)c1ccc2c3c(cccc13)CC2. The molecule has 8 rings (SSSR count). The maximum Gasteiger partial charge on any atom is 0.221 e. The van der Waals surface area contributed by atoms with Crippen LogP contribution in [0.15, 0.2) is 65.7 Å². The van der Waals surface area contributed by atoms with E-state index in [2.05, 4.69) is 71.0 Å². The third-order valence-electron chi connectivity index (χ3n) is 10.6. The van der Waals surface area contributed by atoms with Gasteiger partial charge in [-0.15, -0.1) is 0 Å². The molecule has 44 heavy (non-hydrogen) atoms. The van der Waals surface area contributed by atoms with E-state index in [1.54, 1.807) is 0 Å². The van der Waals surface area contributed by atoms with Gasteiger partial charge in [-0.2, -0.15) is 5.01 Å². The van der Waals surface area contributed by atoms with Crippen LogP contribution >= 0.6 is 0 Å². The van der Waals surface area contributed by atoms with Crippen LogP contribution in [0.4, 0.5) is 11.4 Å². The van der Waals surface area contributed by atoms with Crippen LogP contribution in [-0.2, 0) is 25.7 Å². The van der Waals surface area contributed by atoms with Crippen LogP contribution in [0.1, 0.15) is 86.5 Å². The Kier molecular flexibility index (Phi) is 7.16. The molecular weight excluding hydrogens is 540 g/mol. The number of nitrogens with one attached hydrogen (secondary N) is 2. The standard InChI is InChI=1S/C38H44N6/c39-37(40)44(38(41-29-11-3-1-4-12-29)42-30-13-5-2-6-14-30)43(33-23-21-27-19-17-25-9-7-15-31(33)35(25)27)34-24-22-28-20-18-26-10-8-16-32(34)36(26)28/h7-10,15-16,21-24,29-30H,1-6,11-14,17-20H2,(H3,39,40)(H,41,42). The molecule has 0 bridgehead atoms. The van der Waals surface area contributed by atoms with Crippen molar-refractivity contribution >= 4 is 44.8 Å². The molecule has 0 unspecified atom stereocenters. The number of rotatable bonds is 5. The zero-order chi connectivity index (χ0) is 29.6. The second-order valence-corrected chi connectivity index (χ2v) is 13.4. The minimum Gasteiger partial charge on any atom is -0.368 e. The Labute approximate surface area is 260 Å². The summed E-state index contributed by atoms with van der Waals surface area (Å²) in [4.78, 5) is 5.45. The monoisotopic (exact) mass is 584 g/mol. The summed E-state index contributed by atoms with van der Waals surface area (Å²) in [5.74, 6) is 0.706. The molecule has 226 valence electrons. The summed E-state index contributed by atoms with van der Waals surface area (Å²) in [6.07, 6.45) is 16.1. The van der Waals surface area contributed by atoms with E-state index in [0.717, 1.165) is 68.7 Å². The fraction of sp³-hybridized carbons (Fsp3) is 0.421. The second kappa shape index (κ2) is 11.5. The van der Waals surface area contributed by atoms with Gasteiger partial charge in [0.05, 0.1) is 17.4 Å². The molecular formula is C38H44N6. The summed E-state index contributed by atoms with van der Waals surface area (Å²) in [6.45, 7) is 0. The minimum atomic E-state index is -0.0191. The van der Waals surface area contributed by atoms with Crippen LogP contribution in [0.2, 0.25) is 0 Å². The third kappa shape index (κ3) is 4.79. The lowest BCUT2D eigenvalue weighted by molar-refractivity contribution is 0.393. The van der Waals surface area contributed by atoms with Gasteiger partial charge >= 0.3 is 0 Å². The van der Waals surface area contributed by atoms with Gasteiger partial charge in [0.15, 0.2) is 0 Å². The highest BCUT2D eigenvalue weighted by atomic mass is 15.7. The van der Waals surface area contributed by atoms with Gasteiger partial charge in [-0.05, 0) is 96.5 Å². The fourth-order valence-electron chi connectivity index (χ4n) is 8.46. The first-order chi connectivity index (χ1) is 21.7. The highest BCUT2D eigenvalue weighted by molar-refractivity contribution is 6.09. The fourth-order valence-corrected chi connectivity index (χ4v) is 8.46. The summed E-state index contributed by atoms with van der Waals surface area (Å²) in [5, 5.41) is 22.3. The molecule has 6 nitrogen and oxygen atoms in total. The van der Waals surface area contributed by atoms with E-state index < -0.39 is 0 Å². The van der Waals surface area contributed by atoms with Gasteiger partial charge in [-0.3, -0.25) is 5.41 Å². The number of guanidine groups is 2. The van der Waals surface area contributed by atoms with Crippen LogP contribution < -0.4 is 16.1 Å². The Hall–Kier alpha value is -4.06. The van der Waals surface area contributed by atoms with E-state index in [9.17, 15) is 5.41 Å². The number of aliphatic imine (C=N–C) groups is 1. The maximum absolute atomic E-state index is 9.20. The number of hydrogen-bond acceptors (Lipinski definition) is 3. The third-order valence-corrected chi connectivity index (χ3v) is 10.6. The van der Waals surface area contributed by atoms with Gasteiger partial charge < -0.3 is 11.1 Å². The summed E-state index contributed by atoms with van der Waals surface area (Å²) >= 11 is 0. The first-order valence-electron chi connectivity index (χ1n) is 17.0. The van der Waals surface area contributed by atoms with Crippen molar-refractivity contribution in [1.82, 2.24) is 10.3 Å². The molecule has 2 fully saturated rings. The number of anilines is 2. The van der Waals surface area contributed by atoms with E-state index in [4.69, 9.17) is 10.7 Å². The van der Waals surface area contributed by atoms with Crippen LogP contribution in [0.25, 0.3) is 21.5 Å². The van der Waals surface area contributed by atoms with Crippen molar-refractivity contribution in [2.45, 2.75) is 102 Å². The van der Waals surface area contributed by atoms with Crippen molar-refractivity contribution in [3.8, 4) is 0 Å². The Morgan fingerprint density at radius 1 is 0.659 bits per heavy atom. The molecule has 2 saturated carbocycles. The lowest BCUT2D eigenvalue weighted by Gasteiger charge is -2.40. The van der Waals surface area contributed by atoms with E-state index in [0.29, 0.717) is 6.04 Å². The number of nitrogens with zero attached hydrogens (tertiary/aromatic N) is 3. The number of nitrogens with two attached hydrogens (primary N) is 1. The van der Waals surface area contributed by atoms with Gasteiger partial charge in [-0.25, -0.2) is 10.0 Å². The Bertz CT molecular complexity index is 1650. The number of hydrogen-bond donors (Lipinski definition) is 3. The molecule has 0 heterocycles. The van der Waals surface area contributed by atoms with E-state index in [-0.39, 0.29) is 12.0 Å². The average molecular weight is 585 g/mol. The lowest BCUT2D eigenvalue weighted by atomic mass is 9.95. The predicted molar refractivity (Wildman–Crippen MR) is 183 cm³/mol. The smallest absolute Gasteiger partial charge is 0.221 e. The van der Waals surface area contributed by atoms with Crippen LogP contribution in [0, 0.1) is 5.41 Å². The first-order valence-corrected chi connectivity index (χ1v) is 17.0. The Morgan fingerprint density at radius 3 is 1.68 bits per heavy atom. The summed E-state index contributed by atoms with van der Waals surface area (Å²) in [5.41, 5.74) is 14.4. The Morgan fingerprint density at radius 2 is 1.16 bits per heavy atom. The molecule has 0 aromatic heterocycles. The highest BCUT2D eigenvalue weighted by Crippen LogP contribution is 2.44. The molecule has 0 spiro atoms. The normalized spacial score (nSPS) is 18.7. The highest BCUT2D eigenvalue weighted by Gasteiger charge is 2.32. The van der Waals surface area contributed by atoms with Crippen LogP contribution in [-0.4, -0.2) is 29.0 Å². The first kappa shape index (κ1) is 27.5. The van der Waals surface area contributed by atoms with E-state index in [1.807, 2.05) is 5.01 Å². The largest absolute Gasteiger partial charge is 0.368 e. The molecule has 4 aromatic carbocycles. The van der Waals surface area contributed by atoms with Crippen molar-refractivity contribution < 1.29 is 0 Å². The van der Waals surface area contributed by atoms with Crippen molar-refractivity contribution in [2.75, 3.05) is 5.01 Å². The van der Waals surface area contributed by atoms with Gasteiger partial charge in [0, 0.05) is 16.8 Å². The number of hydrazine groups is 1. The lowest BCUT2D eigenvalue weighted by Crippen LogP contribution is -2.58. The Balaban J connectivity index is 1.36. The molecule has 6 heteroatoms. The topological polar surface area (TPSA) is 80.7 Å². The van der Waals surface area contributed by atoms with E-state index in [1.165, 1.54) is 82.3 Å². The zero-order valence-corrected chi connectivity index (χ0v) is 25.7. The van der Waals surface area contributed by atoms with Crippen molar-refractivity contribution in [2.24, 2.45) is 10.7 Å². The van der Waals surface area contributed by atoms with Crippen molar-refractivity contribution in [1.29, 1.82) is 5.41 Å². The molecule has 0 amide bonds. The van der Waals surface area contributed by atoms with Crippen LogP contribution in [0.5, 0.6) is 0 Å². The van der Waals surface area contributed by atoms with Crippen molar-refractivity contribution in [3.63, 3.8) is 0 Å². The van der Waals surface area contributed by atoms with Gasteiger partial charge in [0.25, 0.3) is 0 Å². The molecule has 0 saturated heterocycles. The average Bonchev–Trinajstić information content (AvgIpc) is 3.68.